The lowest BCUT2D eigenvalue weighted by Crippen LogP contribution is -2.01. The molecule has 3 rings (SSSR count). The lowest BCUT2D eigenvalue weighted by Gasteiger charge is -1.99. The quantitative estimate of drug-likeness (QED) is 0.666. The number of nitrogens with zero attached hydrogens (tertiary/aromatic N) is 4. The Morgan fingerprint density at radius 3 is 2.83 bits per heavy atom. The van der Waals surface area contributed by atoms with Gasteiger partial charge < -0.3 is 4.52 Å². The molecule has 3 aromatic rings. The maximum atomic E-state index is 12.2. The fourth-order valence-electron chi connectivity index (χ4n) is 2.20. The standard InChI is InChI=1S/C16H18N4O2S/c1-2-6-16-18-15(19-22-16)12-23(21)11-13-9-17-20(10-13)14-7-4-3-5-8-14/h3-5,7-10H,2,6,11-12H2,1H3/t23-/m1/s1. The average Bonchev–Trinajstić information content (AvgIpc) is 3.18. The van der Waals surface area contributed by atoms with E-state index in [2.05, 4.69) is 15.2 Å². The topological polar surface area (TPSA) is 73.8 Å². The molecular formula is C16H18N4O2S. The lowest BCUT2D eigenvalue weighted by molar-refractivity contribution is 0.373. The monoisotopic (exact) mass is 330 g/mol. The second-order valence-electron chi connectivity index (χ2n) is 5.21. The van der Waals surface area contributed by atoms with Gasteiger partial charge in [0, 0.05) is 29.0 Å². The van der Waals surface area contributed by atoms with Crippen LogP contribution in [0.5, 0.6) is 0 Å². The van der Waals surface area contributed by atoms with Crippen molar-refractivity contribution in [3.05, 3.63) is 60.0 Å². The Kier molecular flexibility index (Phi) is 4.97. The Labute approximate surface area is 137 Å². The maximum Gasteiger partial charge on any atom is 0.226 e. The molecular weight excluding hydrogens is 312 g/mol. The van der Waals surface area contributed by atoms with Crippen LogP contribution in [0.4, 0.5) is 0 Å². The second-order valence-corrected chi connectivity index (χ2v) is 6.67. The Balaban J connectivity index is 1.60. The first-order valence-corrected chi connectivity index (χ1v) is 8.99. The van der Waals surface area contributed by atoms with E-state index < -0.39 is 10.8 Å². The first-order valence-electron chi connectivity index (χ1n) is 7.50. The molecule has 0 bridgehead atoms. The zero-order valence-corrected chi connectivity index (χ0v) is 13.7. The van der Waals surface area contributed by atoms with Crippen LogP contribution in [0.1, 0.15) is 30.6 Å². The highest BCUT2D eigenvalue weighted by Crippen LogP contribution is 2.11. The summed E-state index contributed by atoms with van der Waals surface area (Å²) in [4.78, 5) is 4.24. The van der Waals surface area contributed by atoms with E-state index in [1.54, 1.807) is 10.9 Å². The van der Waals surface area contributed by atoms with Crippen LogP contribution in [0, 0.1) is 0 Å². The highest BCUT2D eigenvalue weighted by Gasteiger charge is 2.11. The summed E-state index contributed by atoms with van der Waals surface area (Å²) in [6.45, 7) is 2.05. The van der Waals surface area contributed by atoms with E-state index in [9.17, 15) is 4.21 Å². The van der Waals surface area contributed by atoms with Gasteiger partial charge in [-0.2, -0.15) is 10.1 Å². The third-order valence-electron chi connectivity index (χ3n) is 3.25. The van der Waals surface area contributed by atoms with Crippen LogP contribution in [0.25, 0.3) is 5.69 Å². The molecule has 0 spiro atoms. The molecule has 0 aliphatic rings. The summed E-state index contributed by atoms with van der Waals surface area (Å²) in [5.74, 6) is 1.83. The van der Waals surface area contributed by atoms with Gasteiger partial charge in [0.2, 0.25) is 5.89 Å². The third-order valence-corrected chi connectivity index (χ3v) is 4.48. The highest BCUT2D eigenvalue weighted by molar-refractivity contribution is 7.83. The summed E-state index contributed by atoms with van der Waals surface area (Å²) >= 11 is 0. The highest BCUT2D eigenvalue weighted by atomic mass is 32.2. The minimum Gasteiger partial charge on any atom is -0.339 e. The van der Waals surface area contributed by atoms with Gasteiger partial charge in [-0.15, -0.1) is 0 Å². The number of rotatable bonds is 7. The lowest BCUT2D eigenvalue weighted by atomic mass is 10.3. The SMILES string of the molecule is CCCc1nc(C[S@](=O)Cc2cnn(-c3ccccc3)c2)no1. The number of hydrogen-bond acceptors (Lipinski definition) is 5. The minimum atomic E-state index is -1.09. The largest absolute Gasteiger partial charge is 0.339 e. The predicted molar refractivity (Wildman–Crippen MR) is 87.4 cm³/mol. The summed E-state index contributed by atoms with van der Waals surface area (Å²) in [6.07, 6.45) is 5.34. The Morgan fingerprint density at radius 2 is 2.04 bits per heavy atom. The van der Waals surface area contributed by atoms with Gasteiger partial charge in [-0.05, 0) is 18.6 Å². The fourth-order valence-corrected chi connectivity index (χ4v) is 3.23. The molecule has 0 fully saturated rings. The van der Waals surface area contributed by atoms with Gasteiger partial charge >= 0.3 is 0 Å². The van der Waals surface area contributed by atoms with Gasteiger partial charge in [0.25, 0.3) is 0 Å². The van der Waals surface area contributed by atoms with Crippen LogP contribution in [-0.2, 0) is 28.7 Å². The van der Waals surface area contributed by atoms with E-state index in [4.69, 9.17) is 4.52 Å². The first kappa shape index (κ1) is 15.6. The van der Waals surface area contributed by atoms with Gasteiger partial charge in [0.15, 0.2) is 5.82 Å². The van der Waals surface area contributed by atoms with Crippen molar-refractivity contribution >= 4 is 10.8 Å². The molecule has 6 nitrogen and oxygen atoms in total. The molecule has 0 unspecified atom stereocenters. The molecule has 2 heterocycles. The van der Waals surface area contributed by atoms with Crippen LogP contribution in [0.3, 0.4) is 0 Å². The van der Waals surface area contributed by atoms with Crippen molar-refractivity contribution in [3.63, 3.8) is 0 Å². The third kappa shape index (κ3) is 4.13. The van der Waals surface area contributed by atoms with Crippen LogP contribution < -0.4 is 0 Å². The van der Waals surface area contributed by atoms with E-state index in [-0.39, 0.29) is 0 Å². The van der Waals surface area contributed by atoms with E-state index in [1.165, 1.54) is 0 Å². The summed E-state index contributed by atoms with van der Waals surface area (Å²) in [7, 11) is -1.09. The van der Waals surface area contributed by atoms with E-state index in [0.29, 0.717) is 23.2 Å². The molecule has 1 atom stereocenters. The molecule has 23 heavy (non-hydrogen) atoms. The molecule has 7 heteroatoms. The molecule has 0 saturated carbocycles. The molecule has 2 aromatic heterocycles. The summed E-state index contributed by atoms with van der Waals surface area (Å²) in [5.41, 5.74) is 1.90. The minimum absolute atomic E-state index is 0.295. The van der Waals surface area contributed by atoms with Gasteiger partial charge in [-0.3, -0.25) is 4.21 Å². The normalized spacial score (nSPS) is 12.4. The van der Waals surface area contributed by atoms with Crippen LogP contribution >= 0.6 is 0 Å². The molecule has 0 saturated heterocycles. The van der Waals surface area contributed by atoms with Crippen molar-refractivity contribution in [1.29, 1.82) is 0 Å². The first-order chi connectivity index (χ1) is 11.2. The number of aryl methyl sites for hydroxylation is 1. The van der Waals surface area contributed by atoms with Crippen molar-refractivity contribution in [2.45, 2.75) is 31.3 Å². The van der Waals surface area contributed by atoms with E-state index in [0.717, 1.165) is 24.1 Å². The molecule has 0 radical (unpaired) electrons. The van der Waals surface area contributed by atoms with Crippen LogP contribution in [-0.4, -0.2) is 24.1 Å². The Bertz CT molecular complexity index is 782. The number of aromatic nitrogens is 4. The van der Waals surface area contributed by atoms with Gasteiger partial charge in [0.1, 0.15) is 0 Å². The van der Waals surface area contributed by atoms with Gasteiger partial charge in [0.05, 0.1) is 23.4 Å². The zero-order valence-electron chi connectivity index (χ0n) is 12.9. The molecule has 0 N–H and O–H groups in total. The summed E-state index contributed by atoms with van der Waals surface area (Å²) in [5, 5.41) is 8.18. The Hall–Kier alpha value is -2.28. The number of benzene rings is 1. The number of hydrogen-bond donors (Lipinski definition) is 0. The fraction of sp³-hybridized carbons (Fsp3) is 0.312. The number of para-hydroxylation sites is 1. The van der Waals surface area contributed by atoms with Gasteiger partial charge in [-0.1, -0.05) is 30.3 Å². The molecule has 120 valence electrons. The smallest absolute Gasteiger partial charge is 0.226 e. The Morgan fingerprint density at radius 1 is 1.22 bits per heavy atom. The van der Waals surface area contributed by atoms with Crippen molar-refractivity contribution in [3.8, 4) is 5.69 Å². The summed E-state index contributed by atoms with van der Waals surface area (Å²) in [6, 6.07) is 9.82. The molecule has 0 aliphatic carbocycles. The van der Waals surface area contributed by atoms with Gasteiger partial charge in [-0.25, -0.2) is 4.68 Å². The van der Waals surface area contributed by atoms with Crippen molar-refractivity contribution in [2.24, 2.45) is 0 Å². The second kappa shape index (κ2) is 7.32. The average molecular weight is 330 g/mol. The zero-order chi connectivity index (χ0) is 16.1. The molecule has 0 aliphatic heterocycles. The molecule has 0 amide bonds. The predicted octanol–water partition coefficient (Wildman–Crippen LogP) is 2.66. The van der Waals surface area contributed by atoms with Crippen LogP contribution in [0.15, 0.2) is 47.2 Å². The van der Waals surface area contributed by atoms with Crippen molar-refractivity contribution < 1.29 is 8.73 Å². The maximum absolute atomic E-state index is 12.2. The molecule has 1 aromatic carbocycles. The van der Waals surface area contributed by atoms with Crippen LogP contribution in [0.2, 0.25) is 0 Å². The van der Waals surface area contributed by atoms with Crippen molar-refractivity contribution in [1.82, 2.24) is 19.9 Å². The van der Waals surface area contributed by atoms with E-state index >= 15 is 0 Å². The van der Waals surface area contributed by atoms with E-state index in [1.807, 2.05) is 43.5 Å². The van der Waals surface area contributed by atoms with Crippen molar-refractivity contribution in [2.75, 3.05) is 0 Å². The summed E-state index contributed by atoms with van der Waals surface area (Å²) < 4.78 is 19.1.